The number of carbonyl (C=O) groups is 1. The molecule has 0 bridgehead atoms. The second kappa shape index (κ2) is 4.41. The molecule has 0 spiro atoms. The van der Waals surface area contributed by atoms with Crippen molar-refractivity contribution >= 4 is 5.97 Å². The van der Waals surface area contributed by atoms with E-state index in [-0.39, 0.29) is 5.76 Å². The largest absolute Gasteiger partial charge is 0.475 e. The Hall–Kier alpha value is -1.32. The van der Waals surface area contributed by atoms with Gasteiger partial charge in [-0.25, -0.2) is 9.78 Å². The van der Waals surface area contributed by atoms with Gasteiger partial charge in [-0.2, -0.15) is 0 Å². The SMILES string of the molecule is CCCc1nc(C2C3CCCCC32)oc1C(=O)O. The average Bonchev–Trinajstić information content (AvgIpc) is 2.94. The quantitative estimate of drug-likeness (QED) is 0.889. The first-order valence-electron chi connectivity index (χ1n) is 6.95. The van der Waals surface area contributed by atoms with E-state index in [2.05, 4.69) is 4.98 Å². The third-order valence-corrected chi connectivity index (χ3v) is 4.34. The first-order valence-corrected chi connectivity index (χ1v) is 6.95. The van der Waals surface area contributed by atoms with Gasteiger partial charge in [0.05, 0.1) is 5.69 Å². The monoisotopic (exact) mass is 249 g/mol. The molecule has 4 heteroatoms. The Labute approximate surface area is 106 Å². The molecule has 0 aliphatic heterocycles. The minimum absolute atomic E-state index is 0.0653. The highest BCUT2D eigenvalue weighted by molar-refractivity contribution is 5.85. The number of oxazole rings is 1. The molecule has 0 amide bonds. The highest BCUT2D eigenvalue weighted by Crippen LogP contribution is 2.61. The van der Waals surface area contributed by atoms with Crippen LogP contribution in [0.15, 0.2) is 4.42 Å². The summed E-state index contributed by atoms with van der Waals surface area (Å²) in [5, 5.41) is 9.13. The molecule has 98 valence electrons. The summed E-state index contributed by atoms with van der Waals surface area (Å²) in [6.45, 7) is 2.02. The molecule has 0 radical (unpaired) electrons. The van der Waals surface area contributed by atoms with E-state index in [1.54, 1.807) is 0 Å². The van der Waals surface area contributed by atoms with E-state index in [1.807, 2.05) is 6.92 Å². The summed E-state index contributed by atoms with van der Waals surface area (Å²) in [4.78, 5) is 15.6. The number of carboxylic acid groups (broad SMARTS) is 1. The van der Waals surface area contributed by atoms with Gasteiger partial charge in [0.15, 0.2) is 5.89 Å². The van der Waals surface area contributed by atoms with Crippen LogP contribution in [-0.2, 0) is 6.42 Å². The minimum atomic E-state index is -0.985. The van der Waals surface area contributed by atoms with E-state index in [9.17, 15) is 4.79 Å². The molecule has 0 saturated heterocycles. The van der Waals surface area contributed by atoms with Crippen molar-refractivity contribution < 1.29 is 14.3 Å². The summed E-state index contributed by atoms with van der Waals surface area (Å²) in [7, 11) is 0. The average molecular weight is 249 g/mol. The zero-order valence-electron chi connectivity index (χ0n) is 10.7. The van der Waals surface area contributed by atoms with E-state index in [0.717, 1.165) is 6.42 Å². The summed E-state index contributed by atoms with van der Waals surface area (Å²) in [6.07, 6.45) is 6.68. The molecule has 4 nitrogen and oxygen atoms in total. The number of nitrogens with zero attached hydrogens (tertiary/aromatic N) is 1. The summed E-state index contributed by atoms with van der Waals surface area (Å²) < 4.78 is 5.53. The van der Waals surface area contributed by atoms with Gasteiger partial charge in [0.2, 0.25) is 5.76 Å². The van der Waals surface area contributed by atoms with Crippen molar-refractivity contribution in [2.24, 2.45) is 11.8 Å². The number of hydrogen-bond donors (Lipinski definition) is 1. The van der Waals surface area contributed by atoms with Crippen LogP contribution in [0.25, 0.3) is 0 Å². The summed E-state index contributed by atoms with van der Waals surface area (Å²) in [6, 6.07) is 0. The molecule has 18 heavy (non-hydrogen) atoms. The summed E-state index contributed by atoms with van der Waals surface area (Å²) in [5.74, 6) is 1.57. The van der Waals surface area contributed by atoms with E-state index < -0.39 is 5.97 Å². The second-order valence-electron chi connectivity index (χ2n) is 5.52. The topological polar surface area (TPSA) is 63.3 Å². The number of aromatic nitrogens is 1. The highest BCUT2D eigenvalue weighted by atomic mass is 16.4. The molecule has 2 aliphatic carbocycles. The van der Waals surface area contributed by atoms with Crippen molar-refractivity contribution in [2.75, 3.05) is 0 Å². The molecule has 1 aromatic rings. The number of rotatable bonds is 4. The molecule has 2 aliphatic rings. The molecule has 2 saturated carbocycles. The van der Waals surface area contributed by atoms with Crippen LogP contribution in [-0.4, -0.2) is 16.1 Å². The lowest BCUT2D eigenvalue weighted by atomic mass is 10.0. The fourth-order valence-electron chi connectivity index (χ4n) is 3.44. The molecule has 2 fully saturated rings. The van der Waals surface area contributed by atoms with Gasteiger partial charge in [-0.3, -0.25) is 0 Å². The molecular weight excluding hydrogens is 230 g/mol. The van der Waals surface area contributed by atoms with Crippen LogP contribution in [0, 0.1) is 11.8 Å². The number of hydrogen-bond acceptors (Lipinski definition) is 3. The van der Waals surface area contributed by atoms with Gasteiger partial charge in [0.25, 0.3) is 0 Å². The molecule has 1 aromatic heterocycles. The molecule has 2 unspecified atom stereocenters. The third kappa shape index (κ3) is 1.84. The van der Waals surface area contributed by atoms with Crippen LogP contribution < -0.4 is 0 Å². The van der Waals surface area contributed by atoms with Gasteiger partial charge in [0, 0.05) is 5.92 Å². The third-order valence-electron chi connectivity index (χ3n) is 4.34. The number of aryl methyl sites for hydroxylation is 1. The predicted molar refractivity (Wildman–Crippen MR) is 65.6 cm³/mol. The fourth-order valence-corrected chi connectivity index (χ4v) is 3.44. The minimum Gasteiger partial charge on any atom is -0.475 e. The molecule has 1 heterocycles. The lowest BCUT2D eigenvalue weighted by Gasteiger charge is -2.04. The van der Waals surface area contributed by atoms with Gasteiger partial charge in [-0.05, 0) is 31.1 Å². The van der Waals surface area contributed by atoms with Crippen LogP contribution >= 0.6 is 0 Å². The van der Waals surface area contributed by atoms with Crippen molar-refractivity contribution in [1.82, 2.24) is 4.98 Å². The Bertz CT molecular complexity index is 454. The maximum atomic E-state index is 11.1. The van der Waals surface area contributed by atoms with Crippen LogP contribution in [0.1, 0.15) is 67.1 Å². The normalized spacial score (nSPS) is 29.9. The van der Waals surface area contributed by atoms with Crippen LogP contribution in [0.4, 0.5) is 0 Å². The molecular formula is C14H19NO3. The van der Waals surface area contributed by atoms with Crippen molar-refractivity contribution in [1.29, 1.82) is 0 Å². The van der Waals surface area contributed by atoms with Crippen LogP contribution in [0.5, 0.6) is 0 Å². The van der Waals surface area contributed by atoms with Gasteiger partial charge in [-0.15, -0.1) is 0 Å². The number of aromatic carboxylic acids is 1. The Morgan fingerprint density at radius 3 is 2.61 bits per heavy atom. The van der Waals surface area contributed by atoms with Gasteiger partial charge in [-0.1, -0.05) is 26.2 Å². The van der Waals surface area contributed by atoms with Gasteiger partial charge < -0.3 is 9.52 Å². The molecule has 2 atom stereocenters. The first kappa shape index (κ1) is 11.8. The lowest BCUT2D eigenvalue weighted by Crippen LogP contribution is -1.99. The van der Waals surface area contributed by atoms with Crippen molar-refractivity contribution in [3.05, 3.63) is 17.3 Å². The standard InChI is InChI=1S/C14H19NO3/c1-2-5-10-12(14(16)17)18-13(15-10)11-8-6-3-4-7-9(8)11/h8-9,11H,2-7H2,1H3,(H,16,17). The Morgan fingerprint density at radius 2 is 2.06 bits per heavy atom. The van der Waals surface area contributed by atoms with Crippen LogP contribution in [0.3, 0.4) is 0 Å². The first-order chi connectivity index (χ1) is 8.72. The molecule has 0 aromatic carbocycles. The van der Waals surface area contributed by atoms with E-state index in [1.165, 1.54) is 25.7 Å². The van der Waals surface area contributed by atoms with Gasteiger partial charge >= 0.3 is 5.97 Å². The highest BCUT2D eigenvalue weighted by Gasteiger charge is 2.54. The van der Waals surface area contributed by atoms with E-state index in [0.29, 0.717) is 35.8 Å². The lowest BCUT2D eigenvalue weighted by molar-refractivity contribution is 0.0658. The predicted octanol–water partition coefficient (Wildman–Crippen LogP) is 3.23. The zero-order chi connectivity index (χ0) is 12.7. The number of carboxylic acids is 1. The smallest absolute Gasteiger partial charge is 0.373 e. The maximum Gasteiger partial charge on any atom is 0.373 e. The van der Waals surface area contributed by atoms with Crippen molar-refractivity contribution in [2.45, 2.75) is 51.4 Å². The van der Waals surface area contributed by atoms with Gasteiger partial charge in [0.1, 0.15) is 0 Å². The Balaban J connectivity index is 1.85. The summed E-state index contributed by atoms with van der Waals surface area (Å²) >= 11 is 0. The van der Waals surface area contributed by atoms with Crippen molar-refractivity contribution in [3.8, 4) is 0 Å². The molecule has 1 N–H and O–H groups in total. The second-order valence-corrected chi connectivity index (χ2v) is 5.52. The van der Waals surface area contributed by atoms with E-state index >= 15 is 0 Å². The van der Waals surface area contributed by atoms with Crippen molar-refractivity contribution in [3.63, 3.8) is 0 Å². The maximum absolute atomic E-state index is 11.1. The molecule has 3 rings (SSSR count). The number of fused-ring (bicyclic) bond motifs is 1. The Kier molecular flexibility index (Phi) is 2.88. The Morgan fingerprint density at radius 1 is 1.39 bits per heavy atom. The summed E-state index contributed by atoms with van der Waals surface area (Å²) in [5.41, 5.74) is 0.628. The fraction of sp³-hybridized carbons (Fsp3) is 0.714. The van der Waals surface area contributed by atoms with E-state index in [4.69, 9.17) is 9.52 Å². The zero-order valence-corrected chi connectivity index (χ0v) is 10.7. The van der Waals surface area contributed by atoms with Crippen LogP contribution in [0.2, 0.25) is 0 Å².